The van der Waals surface area contributed by atoms with Gasteiger partial charge in [0.25, 0.3) is 5.91 Å². The number of amides is 1. The average molecular weight is 145 g/mol. The molecule has 2 N–H and O–H groups in total. The molecule has 0 unspecified atom stereocenters. The van der Waals surface area contributed by atoms with Gasteiger partial charge in [-0.15, -0.1) is 0 Å². The number of hydroxylamine groups is 1. The van der Waals surface area contributed by atoms with Gasteiger partial charge in [0, 0.05) is 0 Å². The standard InChI is InChI=1S/C5H7NO4/c1-2-4(8)6-10-5(9)3-7/h2,7H,1,3H2,(H,6,8). The predicted octanol–water partition coefficient (Wildman–Crippen LogP) is -1.26. The van der Waals surface area contributed by atoms with Crippen molar-refractivity contribution < 1.29 is 19.5 Å². The summed E-state index contributed by atoms with van der Waals surface area (Å²) in [6.07, 6.45) is 0.935. The minimum Gasteiger partial charge on any atom is -0.385 e. The van der Waals surface area contributed by atoms with Crippen molar-refractivity contribution in [3.63, 3.8) is 0 Å². The Kier molecular flexibility index (Phi) is 3.90. The second kappa shape index (κ2) is 4.51. The molecule has 5 nitrogen and oxygen atoms in total. The van der Waals surface area contributed by atoms with E-state index in [9.17, 15) is 9.59 Å². The van der Waals surface area contributed by atoms with Gasteiger partial charge in [-0.2, -0.15) is 5.48 Å². The van der Waals surface area contributed by atoms with Crippen molar-refractivity contribution in [3.05, 3.63) is 12.7 Å². The maximum absolute atomic E-state index is 10.2. The average Bonchev–Trinajstić information content (AvgIpc) is 1.99. The number of rotatable bonds is 2. The second-order valence-electron chi connectivity index (χ2n) is 1.30. The number of hydrogen-bond acceptors (Lipinski definition) is 4. The van der Waals surface area contributed by atoms with E-state index in [1.807, 2.05) is 0 Å². The Balaban J connectivity index is 3.44. The molecule has 0 spiro atoms. The van der Waals surface area contributed by atoms with Crippen molar-refractivity contribution in [1.82, 2.24) is 5.48 Å². The summed E-state index contributed by atoms with van der Waals surface area (Å²) >= 11 is 0. The summed E-state index contributed by atoms with van der Waals surface area (Å²) in [5.74, 6) is -1.56. The Hall–Kier alpha value is -1.36. The van der Waals surface area contributed by atoms with E-state index in [1.54, 1.807) is 5.48 Å². The van der Waals surface area contributed by atoms with E-state index in [0.29, 0.717) is 0 Å². The van der Waals surface area contributed by atoms with Crippen LogP contribution in [0.4, 0.5) is 0 Å². The summed E-state index contributed by atoms with van der Waals surface area (Å²) in [4.78, 5) is 24.3. The molecule has 0 aliphatic heterocycles. The monoisotopic (exact) mass is 145 g/mol. The summed E-state index contributed by atoms with van der Waals surface area (Å²) in [5, 5.41) is 8.07. The maximum atomic E-state index is 10.2. The molecule has 0 heterocycles. The van der Waals surface area contributed by atoms with Crippen LogP contribution >= 0.6 is 0 Å². The molecular formula is C5H7NO4. The highest BCUT2D eigenvalue weighted by molar-refractivity contribution is 5.87. The van der Waals surface area contributed by atoms with Crippen LogP contribution in [0.15, 0.2) is 12.7 Å². The van der Waals surface area contributed by atoms with E-state index in [1.165, 1.54) is 0 Å². The number of aliphatic hydroxyl groups is 1. The van der Waals surface area contributed by atoms with Gasteiger partial charge in [-0.1, -0.05) is 6.58 Å². The van der Waals surface area contributed by atoms with Gasteiger partial charge < -0.3 is 9.94 Å². The number of carbonyl (C=O) groups is 2. The van der Waals surface area contributed by atoms with E-state index in [4.69, 9.17) is 5.11 Å². The van der Waals surface area contributed by atoms with Crippen molar-refractivity contribution in [2.75, 3.05) is 6.61 Å². The fourth-order valence-corrected chi connectivity index (χ4v) is 0.181. The Bertz CT molecular complexity index is 154. The van der Waals surface area contributed by atoms with Crippen LogP contribution in [0.3, 0.4) is 0 Å². The van der Waals surface area contributed by atoms with Crippen LogP contribution in [0.1, 0.15) is 0 Å². The lowest BCUT2D eigenvalue weighted by Crippen LogP contribution is -2.26. The van der Waals surface area contributed by atoms with Crippen LogP contribution in [-0.4, -0.2) is 23.6 Å². The van der Waals surface area contributed by atoms with Gasteiger partial charge in [0.1, 0.15) is 6.61 Å². The number of aliphatic hydroxyl groups excluding tert-OH is 1. The molecule has 0 aromatic heterocycles. The molecule has 0 radical (unpaired) electrons. The molecule has 0 aromatic carbocycles. The van der Waals surface area contributed by atoms with Crippen LogP contribution in [0, 0.1) is 0 Å². The molecule has 0 atom stereocenters. The SMILES string of the molecule is C=CC(=O)NOC(=O)CO. The van der Waals surface area contributed by atoms with E-state index in [0.717, 1.165) is 6.08 Å². The molecule has 1 amide bonds. The molecule has 0 bridgehead atoms. The van der Waals surface area contributed by atoms with Crippen molar-refractivity contribution in [2.24, 2.45) is 0 Å². The first kappa shape index (κ1) is 8.64. The molecule has 0 aromatic rings. The van der Waals surface area contributed by atoms with Gasteiger partial charge in [-0.3, -0.25) is 4.79 Å². The van der Waals surface area contributed by atoms with Gasteiger partial charge in [-0.25, -0.2) is 4.79 Å². The van der Waals surface area contributed by atoms with Gasteiger partial charge in [0.2, 0.25) is 0 Å². The van der Waals surface area contributed by atoms with Crippen LogP contribution in [0.5, 0.6) is 0 Å². The number of hydrogen-bond donors (Lipinski definition) is 2. The zero-order chi connectivity index (χ0) is 7.98. The fraction of sp³-hybridized carbons (Fsp3) is 0.200. The predicted molar refractivity (Wildman–Crippen MR) is 31.5 cm³/mol. The quantitative estimate of drug-likeness (QED) is 0.375. The first-order valence-electron chi connectivity index (χ1n) is 2.43. The molecule has 0 aliphatic carbocycles. The summed E-state index contributed by atoms with van der Waals surface area (Å²) in [7, 11) is 0. The first-order chi connectivity index (χ1) is 4.70. The Morgan fingerprint density at radius 3 is 2.70 bits per heavy atom. The zero-order valence-corrected chi connectivity index (χ0v) is 5.16. The van der Waals surface area contributed by atoms with Crippen LogP contribution in [-0.2, 0) is 14.4 Å². The highest BCUT2D eigenvalue weighted by Crippen LogP contribution is 1.71. The third-order valence-corrected chi connectivity index (χ3v) is 0.580. The Morgan fingerprint density at radius 1 is 1.70 bits per heavy atom. The van der Waals surface area contributed by atoms with E-state index < -0.39 is 18.5 Å². The molecule has 0 saturated carbocycles. The zero-order valence-electron chi connectivity index (χ0n) is 5.16. The van der Waals surface area contributed by atoms with Crippen LogP contribution < -0.4 is 5.48 Å². The minimum absolute atomic E-state index is 0.637. The molecule has 0 saturated heterocycles. The van der Waals surface area contributed by atoms with E-state index >= 15 is 0 Å². The number of nitrogens with one attached hydrogen (secondary N) is 1. The molecule has 5 heteroatoms. The molecule has 0 fully saturated rings. The van der Waals surface area contributed by atoms with Gasteiger partial charge in [0.15, 0.2) is 0 Å². The number of carbonyl (C=O) groups excluding carboxylic acids is 2. The lowest BCUT2D eigenvalue weighted by Gasteiger charge is -1.98. The minimum atomic E-state index is -0.921. The molecule has 0 aliphatic rings. The highest BCUT2D eigenvalue weighted by Gasteiger charge is 2.00. The molecular weight excluding hydrogens is 138 g/mol. The summed E-state index contributed by atoms with van der Waals surface area (Å²) in [5.41, 5.74) is 1.72. The second-order valence-corrected chi connectivity index (χ2v) is 1.30. The third-order valence-electron chi connectivity index (χ3n) is 0.580. The van der Waals surface area contributed by atoms with Gasteiger partial charge in [-0.05, 0) is 6.08 Å². The topological polar surface area (TPSA) is 75.6 Å². The van der Waals surface area contributed by atoms with Crippen molar-refractivity contribution in [2.45, 2.75) is 0 Å². The molecule has 56 valence electrons. The molecule has 10 heavy (non-hydrogen) atoms. The van der Waals surface area contributed by atoms with Gasteiger partial charge >= 0.3 is 5.97 Å². The van der Waals surface area contributed by atoms with Crippen molar-refractivity contribution in [3.8, 4) is 0 Å². The third kappa shape index (κ3) is 3.62. The lowest BCUT2D eigenvalue weighted by molar-refractivity contribution is -0.159. The highest BCUT2D eigenvalue weighted by atomic mass is 16.7. The van der Waals surface area contributed by atoms with Crippen molar-refractivity contribution >= 4 is 11.9 Å². The van der Waals surface area contributed by atoms with E-state index in [-0.39, 0.29) is 0 Å². The summed E-state index contributed by atoms with van der Waals surface area (Å²) in [6, 6.07) is 0. The Labute approximate surface area is 57.2 Å². The van der Waals surface area contributed by atoms with Gasteiger partial charge in [0.05, 0.1) is 0 Å². The first-order valence-corrected chi connectivity index (χ1v) is 2.43. The largest absolute Gasteiger partial charge is 0.385 e. The summed E-state index contributed by atoms with van der Waals surface area (Å²) in [6.45, 7) is 2.33. The lowest BCUT2D eigenvalue weighted by atomic mass is 10.6. The fourth-order valence-electron chi connectivity index (χ4n) is 0.181. The Morgan fingerprint density at radius 2 is 2.30 bits per heavy atom. The van der Waals surface area contributed by atoms with E-state index in [2.05, 4.69) is 11.4 Å². The molecule has 0 rings (SSSR count). The van der Waals surface area contributed by atoms with Crippen molar-refractivity contribution in [1.29, 1.82) is 0 Å². The maximum Gasteiger partial charge on any atom is 0.357 e. The van der Waals surface area contributed by atoms with Crippen LogP contribution in [0.25, 0.3) is 0 Å². The summed E-state index contributed by atoms with van der Waals surface area (Å²) < 4.78 is 0. The van der Waals surface area contributed by atoms with Crippen LogP contribution in [0.2, 0.25) is 0 Å². The normalized spacial score (nSPS) is 8.10. The smallest absolute Gasteiger partial charge is 0.357 e.